The number of aromatic nitrogens is 3. The van der Waals surface area contributed by atoms with E-state index in [1.807, 2.05) is 0 Å². The van der Waals surface area contributed by atoms with Gasteiger partial charge in [0.2, 0.25) is 0 Å². The second-order valence-electron chi connectivity index (χ2n) is 5.53. The topological polar surface area (TPSA) is 66.2 Å². The molecule has 24 heavy (non-hydrogen) atoms. The first kappa shape index (κ1) is 17.7. The van der Waals surface area contributed by atoms with Gasteiger partial charge in [0, 0.05) is 5.56 Å². The molecule has 2 rings (SSSR count). The third-order valence-electron chi connectivity index (χ3n) is 3.14. The van der Waals surface area contributed by atoms with Crippen LogP contribution < -0.4 is 4.74 Å². The van der Waals surface area contributed by atoms with Crippen molar-refractivity contribution in [2.24, 2.45) is 0 Å². The highest BCUT2D eigenvalue weighted by Gasteiger charge is 2.13. The van der Waals surface area contributed by atoms with Gasteiger partial charge >= 0.3 is 5.97 Å². The Kier molecular flexibility index (Phi) is 5.68. The number of hydrogen-bond acceptors (Lipinski definition) is 5. The van der Waals surface area contributed by atoms with Gasteiger partial charge in [0.15, 0.2) is 5.82 Å². The highest BCUT2D eigenvalue weighted by atomic mass is 19.1. The maximum Gasteiger partial charge on any atom is 0.335 e. The third kappa shape index (κ3) is 4.41. The molecule has 2 aromatic rings. The molecule has 7 heteroatoms. The van der Waals surface area contributed by atoms with E-state index in [1.54, 1.807) is 32.0 Å². The molecule has 0 saturated carbocycles. The van der Waals surface area contributed by atoms with Gasteiger partial charge in [-0.2, -0.15) is 5.10 Å². The van der Waals surface area contributed by atoms with Crippen LogP contribution in [0.1, 0.15) is 19.4 Å². The van der Waals surface area contributed by atoms with Crippen LogP contribution in [0.5, 0.6) is 5.75 Å². The van der Waals surface area contributed by atoms with Crippen molar-refractivity contribution >= 4 is 5.97 Å². The van der Waals surface area contributed by atoms with E-state index < -0.39 is 12.6 Å². The molecule has 0 aliphatic heterocycles. The van der Waals surface area contributed by atoms with E-state index in [0.717, 1.165) is 0 Å². The van der Waals surface area contributed by atoms with E-state index in [1.165, 1.54) is 18.1 Å². The maximum absolute atomic E-state index is 12.9. The highest BCUT2D eigenvalue weighted by molar-refractivity contribution is 5.87. The van der Waals surface area contributed by atoms with Crippen molar-refractivity contribution < 1.29 is 18.7 Å². The molecule has 1 aromatic carbocycles. The molecule has 0 unspecified atom stereocenters. The number of benzene rings is 1. The van der Waals surface area contributed by atoms with Gasteiger partial charge in [-0.25, -0.2) is 18.9 Å². The summed E-state index contributed by atoms with van der Waals surface area (Å²) < 4.78 is 24.7. The summed E-state index contributed by atoms with van der Waals surface area (Å²) in [7, 11) is 1.51. The van der Waals surface area contributed by atoms with Gasteiger partial charge in [0.1, 0.15) is 18.8 Å². The second kappa shape index (κ2) is 7.72. The fourth-order valence-electron chi connectivity index (χ4n) is 2.05. The first-order chi connectivity index (χ1) is 11.4. The van der Waals surface area contributed by atoms with Crippen LogP contribution in [-0.2, 0) is 22.8 Å². The number of hydrogen-bond donors (Lipinski definition) is 0. The first-order valence-electron chi connectivity index (χ1n) is 7.45. The van der Waals surface area contributed by atoms with E-state index in [0.29, 0.717) is 22.7 Å². The quantitative estimate of drug-likeness (QED) is 0.576. The summed E-state index contributed by atoms with van der Waals surface area (Å²) in [6.45, 7) is 6.80. The number of halogens is 1. The summed E-state index contributed by atoms with van der Waals surface area (Å²) in [6, 6.07) is 5.00. The van der Waals surface area contributed by atoms with Crippen LogP contribution in [0.25, 0.3) is 11.4 Å². The van der Waals surface area contributed by atoms with Gasteiger partial charge in [-0.1, -0.05) is 6.58 Å². The van der Waals surface area contributed by atoms with Crippen molar-refractivity contribution in [3.63, 3.8) is 0 Å². The number of nitrogens with zero attached hydrogens (tertiary/aromatic N) is 3. The number of carbonyl (C=O) groups is 1. The lowest BCUT2D eigenvalue weighted by Gasteiger charge is -2.09. The van der Waals surface area contributed by atoms with Crippen molar-refractivity contribution in [2.75, 3.05) is 7.11 Å². The standard InChI is InChI=1S/C17H20FN3O3/c1-11(2)24-17(22)12(3)9-21-10-19-16(20-21)14-5-13(8-18)6-15(7-14)23-4/h5-7,10-11H,3,8-9H2,1-2,4H3. The number of esters is 1. The van der Waals surface area contributed by atoms with E-state index in [2.05, 4.69) is 16.7 Å². The molecule has 0 bridgehead atoms. The minimum Gasteiger partial charge on any atom is -0.497 e. The Bertz CT molecular complexity index is 718. The third-order valence-corrected chi connectivity index (χ3v) is 3.14. The normalized spacial score (nSPS) is 10.7. The van der Waals surface area contributed by atoms with E-state index in [4.69, 9.17) is 9.47 Å². The van der Waals surface area contributed by atoms with Crippen LogP contribution in [0.4, 0.5) is 4.39 Å². The molecular formula is C17H20FN3O3. The van der Waals surface area contributed by atoms with Crippen LogP contribution in [-0.4, -0.2) is 33.9 Å². The van der Waals surface area contributed by atoms with Gasteiger partial charge in [0.25, 0.3) is 0 Å². The lowest BCUT2D eigenvalue weighted by molar-refractivity contribution is -0.142. The molecule has 1 heterocycles. The van der Waals surface area contributed by atoms with E-state index >= 15 is 0 Å². The Labute approximate surface area is 139 Å². The van der Waals surface area contributed by atoms with Gasteiger partial charge in [-0.05, 0) is 37.6 Å². The predicted octanol–water partition coefficient (Wildman–Crippen LogP) is 2.93. The molecule has 0 amide bonds. The van der Waals surface area contributed by atoms with Gasteiger partial charge in [0.05, 0.1) is 25.3 Å². The Morgan fingerprint density at radius 2 is 2.12 bits per heavy atom. The monoisotopic (exact) mass is 333 g/mol. The molecule has 6 nitrogen and oxygen atoms in total. The number of methoxy groups -OCH3 is 1. The Morgan fingerprint density at radius 3 is 2.75 bits per heavy atom. The molecule has 0 radical (unpaired) electrons. The number of rotatable bonds is 7. The number of ether oxygens (including phenoxy) is 2. The Morgan fingerprint density at radius 1 is 1.38 bits per heavy atom. The van der Waals surface area contributed by atoms with Crippen molar-refractivity contribution in [3.05, 3.63) is 42.2 Å². The average Bonchev–Trinajstić information content (AvgIpc) is 3.02. The second-order valence-corrected chi connectivity index (χ2v) is 5.53. The minimum absolute atomic E-state index is 0.165. The Balaban J connectivity index is 2.16. The molecule has 128 valence electrons. The summed E-state index contributed by atoms with van der Waals surface area (Å²) in [4.78, 5) is 16.0. The summed E-state index contributed by atoms with van der Waals surface area (Å²) in [6.07, 6.45) is 1.27. The van der Waals surface area contributed by atoms with Crippen LogP contribution in [0.3, 0.4) is 0 Å². The molecule has 0 atom stereocenters. The van der Waals surface area contributed by atoms with Crippen molar-refractivity contribution in [1.82, 2.24) is 14.8 Å². The zero-order chi connectivity index (χ0) is 17.7. The lowest BCUT2D eigenvalue weighted by Crippen LogP contribution is -2.16. The summed E-state index contributed by atoms with van der Waals surface area (Å²) in [5.41, 5.74) is 1.39. The SMILES string of the molecule is C=C(Cn1cnc(-c2cc(CF)cc(OC)c2)n1)C(=O)OC(C)C. The molecule has 0 saturated heterocycles. The van der Waals surface area contributed by atoms with E-state index in [9.17, 15) is 9.18 Å². The Hall–Kier alpha value is -2.70. The van der Waals surface area contributed by atoms with Gasteiger partial charge in [-0.15, -0.1) is 0 Å². The molecule has 0 spiro atoms. The van der Waals surface area contributed by atoms with Crippen LogP contribution in [0, 0.1) is 0 Å². The number of carbonyl (C=O) groups excluding carboxylic acids is 1. The smallest absolute Gasteiger partial charge is 0.335 e. The first-order valence-corrected chi connectivity index (χ1v) is 7.45. The van der Waals surface area contributed by atoms with Crippen LogP contribution >= 0.6 is 0 Å². The summed E-state index contributed by atoms with van der Waals surface area (Å²) >= 11 is 0. The molecule has 0 aliphatic rings. The zero-order valence-electron chi connectivity index (χ0n) is 14.0. The molecular weight excluding hydrogens is 313 g/mol. The predicted molar refractivity (Wildman–Crippen MR) is 87.2 cm³/mol. The summed E-state index contributed by atoms with van der Waals surface area (Å²) in [5.74, 6) is 0.471. The number of alkyl halides is 1. The highest BCUT2D eigenvalue weighted by Crippen LogP contribution is 2.24. The van der Waals surface area contributed by atoms with Crippen LogP contribution in [0.15, 0.2) is 36.7 Å². The zero-order valence-corrected chi connectivity index (χ0v) is 14.0. The van der Waals surface area contributed by atoms with E-state index in [-0.39, 0.29) is 18.2 Å². The van der Waals surface area contributed by atoms with Gasteiger partial charge in [-0.3, -0.25) is 0 Å². The van der Waals surface area contributed by atoms with Crippen molar-refractivity contribution in [3.8, 4) is 17.1 Å². The molecule has 0 aliphatic carbocycles. The average molecular weight is 333 g/mol. The maximum atomic E-state index is 12.9. The van der Waals surface area contributed by atoms with Crippen LogP contribution in [0.2, 0.25) is 0 Å². The van der Waals surface area contributed by atoms with Crippen molar-refractivity contribution in [1.29, 1.82) is 0 Å². The molecule has 0 fully saturated rings. The summed E-state index contributed by atoms with van der Waals surface area (Å²) in [5, 5.41) is 4.29. The fraction of sp³-hybridized carbons (Fsp3) is 0.353. The minimum atomic E-state index is -0.608. The fourth-order valence-corrected chi connectivity index (χ4v) is 2.05. The molecule has 0 N–H and O–H groups in total. The molecule has 1 aromatic heterocycles. The van der Waals surface area contributed by atoms with Crippen molar-refractivity contribution in [2.45, 2.75) is 33.2 Å². The lowest BCUT2D eigenvalue weighted by atomic mass is 10.1. The largest absolute Gasteiger partial charge is 0.497 e. The van der Waals surface area contributed by atoms with Gasteiger partial charge < -0.3 is 9.47 Å².